The Labute approximate surface area is 136 Å². The molecule has 0 spiro atoms. The van der Waals surface area contributed by atoms with Crippen molar-refractivity contribution in [3.05, 3.63) is 35.4 Å². The van der Waals surface area contributed by atoms with Crippen LogP contribution in [0, 0.1) is 18.8 Å². The number of aromatic nitrogens is 4. The van der Waals surface area contributed by atoms with Gasteiger partial charge in [0.15, 0.2) is 0 Å². The minimum atomic E-state index is -0.0299. The number of H-pyrrole nitrogens is 1. The second-order valence-electron chi connectivity index (χ2n) is 6.66. The molecule has 6 nitrogen and oxygen atoms in total. The maximum atomic E-state index is 12.4. The summed E-state index contributed by atoms with van der Waals surface area (Å²) in [6.45, 7) is 6.21. The highest BCUT2D eigenvalue weighted by Crippen LogP contribution is 2.25. The normalized spacial score (nSPS) is 17.1. The summed E-state index contributed by atoms with van der Waals surface area (Å²) in [7, 11) is 0. The van der Waals surface area contributed by atoms with Crippen molar-refractivity contribution >= 4 is 11.6 Å². The highest BCUT2D eigenvalue weighted by atomic mass is 16.1. The number of carbonyl (C=O) groups excluding carboxylic acids is 1. The van der Waals surface area contributed by atoms with Crippen molar-refractivity contribution in [2.24, 2.45) is 11.8 Å². The predicted molar refractivity (Wildman–Crippen MR) is 88.0 cm³/mol. The predicted octanol–water partition coefficient (Wildman–Crippen LogP) is 2.45. The van der Waals surface area contributed by atoms with E-state index in [1.807, 2.05) is 6.92 Å². The zero-order valence-corrected chi connectivity index (χ0v) is 13.9. The second kappa shape index (κ2) is 6.48. The van der Waals surface area contributed by atoms with Crippen LogP contribution in [0.1, 0.15) is 43.3 Å². The Kier molecular flexibility index (Phi) is 4.41. The summed E-state index contributed by atoms with van der Waals surface area (Å²) in [4.78, 5) is 28.8. The first-order chi connectivity index (χ1) is 11.0. The Hall–Kier alpha value is -2.24. The number of imidazole rings is 1. The standard InChI is InChI=1S/C17H23N5O/c1-10(2)6-16-18-8-13(9-19-16)22-17(23)12-4-5-14-15(7-12)21-11(3)20-14/h8-10,12H,4-7H2,1-3H3,(H,20,21)(H,22,23). The Morgan fingerprint density at radius 3 is 2.83 bits per heavy atom. The molecule has 3 rings (SSSR count). The Morgan fingerprint density at radius 1 is 1.39 bits per heavy atom. The molecule has 2 aromatic rings. The Morgan fingerprint density at radius 2 is 2.13 bits per heavy atom. The lowest BCUT2D eigenvalue weighted by Crippen LogP contribution is -2.28. The molecule has 1 aliphatic carbocycles. The monoisotopic (exact) mass is 313 g/mol. The van der Waals surface area contributed by atoms with E-state index in [-0.39, 0.29) is 11.8 Å². The van der Waals surface area contributed by atoms with Gasteiger partial charge in [0.25, 0.3) is 0 Å². The number of nitrogens with one attached hydrogen (secondary N) is 2. The SMILES string of the molecule is Cc1nc2c([nH]1)CC(C(=O)Nc1cnc(CC(C)C)nc1)CC2. The summed E-state index contributed by atoms with van der Waals surface area (Å²) in [5.74, 6) is 2.25. The van der Waals surface area contributed by atoms with Gasteiger partial charge in [0.2, 0.25) is 5.91 Å². The minimum Gasteiger partial charge on any atom is -0.346 e. The molecule has 0 radical (unpaired) electrons. The van der Waals surface area contributed by atoms with Crippen molar-refractivity contribution in [1.29, 1.82) is 0 Å². The lowest BCUT2D eigenvalue weighted by Gasteiger charge is -2.20. The molecule has 0 saturated carbocycles. The van der Waals surface area contributed by atoms with Crippen LogP contribution in [0.25, 0.3) is 0 Å². The number of hydrogen-bond acceptors (Lipinski definition) is 4. The molecular formula is C17H23N5O. The molecule has 2 aromatic heterocycles. The average Bonchev–Trinajstić information content (AvgIpc) is 2.87. The van der Waals surface area contributed by atoms with Crippen LogP contribution in [0.15, 0.2) is 12.4 Å². The smallest absolute Gasteiger partial charge is 0.227 e. The third-order valence-electron chi connectivity index (χ3n) is 4.10. The number of rotatable bonds is 4. The molecular weight excluding hydrogens is 290 g/mol. The van der Waals surface area contributed by atoms with Crippen LogP contribution in [0.3, 0.4) is 0 Å². The molecule has 0 bridgehead atoms. The van der Waals surface area contributed by atoms with Gasteiger partial charge in [-0.1, -0.05) is 13.8 Å². The van der Waals surface area contributed by atoms with E-state index < -0.39 is 0 Å². The molecule has 6 heteroatoms. The molecule has 1 atom stereocenters. The quantitative estimate of drug-likeness (QED) is 0.908. The molecule has 1 amide bonds. The average molecular weight is 313 g/mol. The van der Waals surface area contributed by atoms with E-state index in [1.165, 1.54) is 0 Å². The minimum absolute atomic E-state index is 0.0299. The molecule has 0 fully saturated rings. The Bertz CT molecular complexity index is 690. The van der Waals surface area contributed by atoms with Gasteiger partial charge < -0.3 is 10.3 Å². The van der Waals surface area contributed by atoms with Gasteiger partial charge >= 0.3 is 0 Å². The number of hydrogen-bond donors (Lipinski definition) is 2. The second-order valence-corrected chi connectivity index (χ2v) is 6.66. The number of anilines is 1. The number of carbonyl (C=O) groups is 1. The summed E-state index contributed by atoms with van der Waals surface area (Å²) < 4.78 is 0. The van der Waals surface area contributed by atoms with E-state index >= 15 is 0 Å². The molecule has 0 saturated heterocycles. The maximum absolute atomic E-state index is 12.4. The van der Waals surface area contributed by atoms with E-state index in [1.54, 1.807) is 12.4 Å². The van der Waals surface area contributed by atoms with Crippen molar-refractivity contribution in [2.75, 3.05) is 5.32 Å². The van der Waals surface area contributed by atoms with Gasteiger partial charge in [0.1, 0.15) is 11.6 Å². The molecule has 1 unspecified atom stereocenters. The molecule has 23 heavy (non-hydrogen) atoms. The fraction of sp³-hybridized carbons (Fsp3) is 0.529. The van der Waals surface area contributed by atoms with Crippen LogP contribution < -0.4 is 5.32 Å². The summed E-state index contributed by atoms with van der Waals surface area (Å²) in [6, 6.07) is 0. The lowest BCUT2D eigenvalue weighted by atomic mass is 9.89. The molecule has 2 N–H and O–H groups in total. The molecule has 2 heterocycles. The van der Waals surface area contributed by atoms with E-state index in [2.05, 4.69) is 39.1 Å². The first kappa shape index (κ1) is 15.6. The van der Waals surface area contributed by atoms with E-state index in [0.29, 0.717) is 18.0 Å². The lowest BCUT2D eigenvalue weighted by molar-refractivity contribution is -0.120. The van der Waals surface area contributed by atoms with Crippen LogP contribution in [-0.4, -0.2) is 25.8 Å². The first-order valence-corrected chi connectivity index (χ1v) is 8.17. The van der Waals surface area contributed by atoms with Crippen LogP contribution in [0.5, 0.6) is 0 Å². The van der Waals surface area contributed by atoms with Gasteiger partial charge in [0, 0.05) is 24.5 Å². The molecule has 0 aliphatic heterocycles. The zero-order valence-electron chi connectivity index (χ0n) is 13.9. The summed E-state index contributed by atoms with van der Waals surface area (Å²) in [5.41, 5.74) is 2.86. The fourth-order valence-corrected chi connectivity index (χ4v) is 2.98. The molecule has 0 aromatic carbocycles. The van der Waals surface area contributed by atoms with Crippen molar-refractivity contribution in [3.8, 4) is 0 Å². The van der Waals surface area contributed by atoms with E-state index in [9.17, 15) is 4.79 Å². The number of aryl methyl sites for hydroxylation is 2. The van der Waals surface area contributed by atoms with Crippen LogP contribution in [0.2, 0.25) is 0 Å². The largest absolute Gasteiger partial charge is 0.346 e. The van der Waals surface area contributed by atoms with Gasteiger partial charge in [-0.3, -0.25) is 4.79 Å². The third kappa shape index (κ3) is 3.75. The fourth-order valence-electron chi connectivity index (χ4n) is 2.98. The number of aromatic amines is 1. The van der Waals surface area contributed by atoms with Crippen molar-refractivity contribution in [3.63, 3.8) is 0 Å². The zero-order chi connectivity index (χ0) is 16.4. The molecule has 1 aliphatic rings. The molecule has 122 valence electrons. The highest BCUT2D eigenvalue weighted by Gasteiger charge is 2.26. The van der Waals surface area contributed by atoms with Crippen molar-refractivity contribution in [1.82, 2.24) is 19.9 Å². The summed E-state index contributed by atoms with van der Waals surface area (Å²) in [5, 5.41) is 2.93. The van der Waals surface area contributed by atoms with Gasteiger partial charge in [-0.25, -0.2) is 15.0 Å². The number of amides is 1. The maximum Gasteiger partial charge on any atom is 0.227 e. The number of fused-ring (bicyclic) bond motifs is 1. The topological polar surface area (TPSA) is 83.6 Å². The van der Waals surface area contributed by atoms with Gasteiger partial charge in [-0.2, -0.15) is 0 Å². The summed E-state index contributed by atoms with van der Waals surface area (Å²) >= 11 is 0. The van der Waals surface area contributed by atoms with Crippen LogP contribution in [0.4, 0.5) is 5.69 Å². The van der Waals surface area contributed by atoms with Crippen molar-refractivity contribution in [2.45, 2.75) is 46.5 Å². The van der Waals surface area contributed by atoms with Crippen LogP contribution >= 0.6 is 0 Å². The first-order valence-electron chi connectivity index (χ1n) is 8.17. The van der Waals surface area contributed by atoms with Gasteiger partial charge in [-0.05, 0) is 25.7 Å². The van der Waals surface area contributed by atoms with Crippen LogP contribution in [-0.2, 0) is 24.1 Å². The Balaban J connectivity index is 1.61. The van der Waals surface area contributed by atoms with Gasteiger partial charge in [-0.15, -0.1) is 0 Å². The van der Waals surface area contributed by atoms with Gasteiger partial charge in [0.05, 0.1) is 23.8 Å². The highest BCUT2D eigenvalue weighted by molar-refractivity contribution is 5.92. The van der Waals surface area contributed by atoms with Crippen molar-refractivity contribution < 1.29 is 4.79 Å². The van der Waals surface area contributed by atoms with E-state index in [4.69, 9.17) is 0 Å². The van der Waals surface area contributed by atoms with E-state index in [0.717, 1.165) is 42.3 Å². The third-order valence-corrected chi connectivity index (χ3v) is 4.10. The summed E-state index contributed by atoms with van der Waals surface area (Å²) in [6.07, 6.45) is 6.62. The number of nitrogens with zero attached hydrogens (tertiary/aromatic N) is 3.